The number of carbonyl (C=O) groups excluding carboxylic acids is 1. The maximum atomic E-state index is 12.6. The van der Waals surface area contributed by atoms with Gasteiger partial charge in [0.15, 0.2) is 0 Å². The monoisotopic (exact) mass is 362 g/mol. The second kappa shape index (κ2) is 9.14. The van der Waals surface area contributed by atoms with Gasteiger partial charge >= 0.3 is 0 Å². The first-order valence-corrected chi connectivity index (χ1v) is 9.40. The average molecular weight is 362 g/mol. The number of hydrogen-bond donors (Lipinski definition) is 1. The molecule has 1 amide bonds. The summed E-state index contributed by atoms with van der Waals surface area (Å²) in [5.74, 6) is -0.0601. The molecule has 0 bridgehead atoms. The van der Waals surface area contributed by atoms with E-state index in [1.54, 1.807) is 10.9 Å². The molecule has 0 spiro atoms. The van der Waals surface area contributed by atoms with Gasteiger partial charge in [-0.1, -0.05) is 44.2 Å². The van der Waals surface area contributed by atoms with Crippen LogP contribution in [0.4, 0.5) is 0 Å². The van der Waals surface area contributed by atoms with Crippen LogP contribution in [-0.2, 0) is 0 Å². The highest BCUT2D eigenvalue weighted by molar-refractivity contribution is 5.94. The highest BCUT2D eigenvalue weighted by Crippen LogP contribution is 2.19. The third-order valence-corrected chi connectivity index (χ3v) is 4.79. The Hall–Kier alpha value is -2.92. The van der Waals surface area contributed by atoms with Crippen molar-refractivity contribution in [3.63, 3.8) is 0 Å². The summed E-state index contributed by atoms with van der Waals surface area (Å²) in [4.78, 5) is 15.0. The normalized spacial score (nSPS) is 12.1. The molecule has 3 aromatic rings. The van der Waals surface area contributed by atoms with Crippen LogP contribution < -0.4 is 5.32 Å². The summed E-state index contributed by atoms with van der Waals surface area (Å²) in [5, 5.41) is 7.30. The number of nitrogens with zero attached hydrogens (tertiary/aromatic N) is 3. The van der Waals surface area contributed by atoms with Crippen LogP contribution in [0.25, 0.3) is 5.69 Å². The first kappa shape index (κ1) is 18.9. The minimum atomic E-state index is -0.0601. The van der Waals surface area contributed by atoms with Gasteiger partial charge in [0, 0.05) is 24.5 Å². The molecular formula is C22H26N4O. The van der Waals surface area contributed by atoms with Gasteiger partial charge in [-0.3, -0.25) is 9.69 Å². The second-order valence-corrected chi connectivity index (χ2v) is 6.36. The van der Waals surface area contributed by atoms with Crippen molar-refractivity contribution < 1.29 is 4.79 Å². The number of aromatic nitrogens is 2. The lowest BCUT2D eigenvalue weighted by atomic mass is 10.0. The van der Waals surface area contributed by atoms with Crippen LogP contribution in [0.15, 0.2) is 73.1 Å². The largest absolute Gasteiger partial charge is 0.350 e. The molecule has 2 aromatic carbocycles. The minimum absolute atomic E-state index is 0.0601. The summed E-state index contributed by atoms with van der Waals surface area (Å²) >= 11 is 0. The predicted octanol–water partition coefficient (Wildman–Crippen LogP) is 3.69. The molecule has 5 nitrogen and oxygen atoms in total. The number of nitrogens with one attached hydrogen (secondary N) is 1. The summed E-state index contributed by atoms with van der Waals surface area (Å²) in [7, 11) is 0. The molecule has 0 saturated carbocycles. The fraction of sp³-hybridized carbons (Fsp3) is 0.273. The topological polar surface area (TPSA) is 50.2 Å². The maximum Gasteiger partial charge on any atom is 0.251 e. The molecule has 0 radical (unpaired) electrons. The molecule has 27 heavy (non-hydrogen) atoms. The van der Waals surface area contributed by atoms with Crippen molar-refractivity contribution in [2.75, 3.05) is 19.6 Å². The van der Waals surface area contributed by atoms with E-state index in [4.69, 9.17) is 0 Å². The first-order chi connectivity index (χ1) is 13.2. The molecule has 1 N–H and O–H groups in total. The molecule has 0 aliphatic rings. The van der Waals surface area contributed by atoms with E-state index in [1.165, 1.54) is 5.56 Å². The number of amides is 1. The zero-order valence-electron chi connectivity index (χ0n) is 15.9. The summed E-state index contributed by atoms with van der Waals surface area (Å²) in [6.07, 6.45) is 3.61. The molecule has 1 unspecified atom stereocenters. The number of hydrogen-bond acceptors (Lipinski definition) is 3. The van der Waals surface area contributed by atoms with E-state index >= 15 is 0 Å². The van der Waals surface area contributed by atoms with Crippen molar-refractivity contribution >= 4 is 5.91 Å². The van der Waals surface area contributed by atoms with Gasteiger partial charge in [-0.25, -0.2) is 4.68 Å². The molecule has 1 atom stereocenters. The van der Waals surface area contributed by atoms with Gasteiger partial charge in [0.05, 0.1) is 11.7 Å². The third-order valence-electron chi connectivity index (χ3n) is 4.79. The summed E-state index contributed by atoms with van der Waals surface area (Å²) in [5.41, 5.74) is 2.80. The summed E-state index contributed by atoms with van der Waals surface area (Å²) < 4.78 is 1.77. The van der Waals surface area contributed by atoms with Crippen LogP contribution in [0, 0.1) is 0 Å². The zero-order chi connectivity index (χ0) is 19.1. The predicted molar refractivity (Wildman–Crippen MR) is 108 cm³/mol. The fourth-order valence-electron chi connectivity index (χ4n) is 3.28. The molecule has 140 valence electrons. The zero-order valence-corrected chi connectivity index (χ0v) is 15.9. The minimum Gasteiger partial charge on any atom is -0.350 e. The Kier molecular flexibility index (Phi) is 6.39. The van der Waals surface area contributed by atoms with E-state index in [0.29, 0.717) is 12.1 Å². The molecule has 0 saturated heterocycles. The van der Waals surface area contributed by atoms with Gasteiger partial charge in [0.1, 0.15) is 0 Å². The molecule has 0 fully saturated rings. The van der Waals surface area contributed by atoms with Gasteiger partial charge < -0.3 is 5.32 Å². The van der Waals surface area contributed by atoms with Crippen molar-refractivity contribution in [3.8, 4) is 5.69 Å². The van der Waals surface area contributed by atoms with Crippen molar-refractivity contribution in [2.45, 2.75) is 19.9 Å². The highest BCUT2D eigenvalue weighted by Gasteiger charge is 2.19. The van der Waals surface area contributed by atoms with Crippen LogP contribution in [0.5, 0.6) is 0 Å². The van der Waals surface area contributed by atoms with Crippen molar-refractivity contribution in [2.24, 2.45) is 0 Å². The van der Waals surface area contributed by atoms with E-state index in [2.05, 4.69) is 41.3 Å². The van der Waals surface area contributed by atoms with E-state index in [1.807, 2.05) is 54.7 Å². The van der Waals surface area contributed by atoms with E-state index in [-0.39, 0.29) is 11.9 Å². The molecule has 1 heterocycles. The smallest absolute Gasteiger partial charge is 0.251 e. The van der Waals surface area contributed by atoms with Gasteiger partial charge in [0.25, 0.3) is 5.91 Å². The van der Waals surface area contributed by atoms with Crippen LogP contribution in [0.1, 0.15) is 35.8 Å². The molecule has 3 rings (SSSR count). The standard InChI is InChI=1S/C22H26N4O/c1-3-25(4-2)21(18-9-6-5-7-10-18)17-23-22(27)19-11-13-20(14-12-19)26-16-8-15-24-26/h5-16,21H,3-4,17H2,1-2H3,(H,23,27). The Morgan fingerprint density at radius 2 is 1.74 bits per heavy atom. The van der Waals surface area contributed by atoms with E-state index in [9.17, 15) is 4.79 Å². The van der Waals surface area contributed by atoms with Gasteiger partial charge in [-0.15, -0.1) is 0 Å². The SMILES string of the molecule is CCN(CC)C(CNC(=O)c1ccc(-n2cccn2)cc1)c1ccccc1. The van der Waals surface area contributed by atoms with Crippen LogP contribution in [0.2, 0.25) is 0 Å². The lowest BCUT2D eigenvalue weighted by Gasteiger charge is -2.30. The van der Waals surface area contributed by atoms with Crippen molar-refractivity contribution in [1.29, 1.82) is 0 Å². The average Bonchev–Trinajstić information content (AvgIpc) is 3.26. The Morgan fingerprint density at radius 3 is 2.33 bits per heavy atom. The Bertz CT molecular complexity index is 825. The summed E-state index contributed by atoms with van der Waals surface area (Å²) in [6, 6.07) is 19.9. The van der Waals surface area contributed by atoms with Crippen LogP contribution >= 0.6 is 0 Å². The van der Waals surface area contributed by atoms with Crippen LogP contribution in [-0.4, -0.2) is 40.2 Å². The molecule has 1 aromatic heterocycles. The number of likely N-dealkylation sites (N-methyl/N-ethyl adjacent to an activating group) is 1. The van der Waals surface area contributed by atoms with Gasteiger partial charge in [0.2, 0.25) is 0 Å². The number of rotatable bonds is 8. The Morgan fingerprint density at radius 1 is 1.04 bits per heavy atom. The Balaban J connectivity index is 1.68. The lowest BCUT2D eigenvalue weighted by Crippen LogP contribution is -2.38. The number of carbonyl (C=O) groups is 1. The maximum absolute atomic E-state index is 12.6. The van der Waals surface area contributed by atoms with E-state index in [0.717, 1.165) is 18.8 Å². The van der Waals surface area contributed by atoms with Crippen LogP contribution in [0.3, 0.4) is 0 Å². The van der Waals surface area contributed by atoms with Gasteiger partial charge in [-0.2, -0.15) is 5.10 Å². The van der Waals surface area contributed by atoms with Gasteiger partial charge in [-0.05, 0) is 49.0 Å². The quantitative estimate of drug-likeness (QED) is 0.665. The second-order valence-electron chi connectivity index (χ2n) is 6.36. The third kappa shape index (κ3) is 4.63. The molecule has 0 aliphatic heterocycles. The molecular weight excluding hydrogens is 336 g/mol. The highest BCUT2D eigenvalue weighted by atomic mass is 16.1. The molecule has 0 aliphatic carbocycles. The first-order valence-electron chi connectivity index (χ1n) is 9.40. The summed E-state index contributed by atoms with van der Waals surface area (Å²) in [6.45, 7) is 6.74. The fourth-order valence-corrected chi connectivity index (χ4v) is 3.28. The number of benzene rings is 2. The molecule has 5 heteroatoms. The van der Waals surface area contributed by atoms with E-state index < -0.39 is 0 Å². The van der Waals surface area contributed by atoms with Crippen molar-refractivity contribution in [3.05, 3.63) is 84.2 Å². The Labute approximate surface area is 160 Å². The van der Waals surface area contributed by atoms with Crippen molar-refractivity contribution in [1.82, 2.24) is 20.0 Å². The lowest BCUT2D eigenvalue weighted by molar-refractivity contribution is 0.0935.